The third kappa shape index (κ3) is 5.30. The molecule has 0 spiro atoms. The maximum absolute atomic E-state index is 11.5. The van der Waals surface area contributed by atoms with E-state index < -0.39 is 0 Å². The highest BCUT2D eigenvalue weighted by Crippen LogP contribution is 2.27. The van der Waals surface area contributed by atoms with Crippen LogP contribution in [-0.4, -0.2) is 49.5 Å². The number of likely N-dealkylation sites (N-methyl/N-ethyl adjacent to an activating group) is 1. The molecule has 0 saturated heterocycles. The summed E-state index contributed by atoms with van der Waals surface area (Å²) in [4.78, 5) is 13.8. The van der Waals surface area contributed by atoms with Crippen molar-refractivity contribution >= 4 is 17.7 Å². The van der Waals surface area contributed by atoms with Gasteiger partial charge >= 0.3 is 0 Å². The van der Waals surface area contributed by atoms with Crippen LogP contribution < -0.4 is 5.32 Å². The van der Waals surface area contributed by atoms with Crippen molar-refractivity contribution in [2.45, 2.75) is 38.1 Å². The SMILES string of the molecule is CSCC(=O)NC[C@@H](C1CCCCC1)N(C)C. The Kier molecular flexibility index (Phi) is 6.97. The minimum absolute atomic E-state index is 0.167. The second-order valence-corrected chi connectivity index (χ2v) is 6.03. The molecule has 1 N–H and O–H groups in total. The Morgan fingerprint density at radius 3 is 2.53 bits per heavy atom. The average molecular weight is 258 g/mol. The summed E-state index contributed by atoms with van der Waals surface area (Å²) in [6, 6.07) is 0.501. The molecule has 100 valence electrons. The highest BCUT2D eigenvalue weighted by molar-refractivity contribution is 7.99. The van der Waals surface area contributed by atoms with Crippen LogP contribution in [0.5, 0.6) is 0 Å². The van der Waals surface area contributed by atoms with E-state index in [1.165, 1.54) is 32.1 Å². The quantitative estimate of drug-likeness (QED) is 0.790. The van der Waals surface area contributed by atoms with Gasteiger partial charge in [0.2, 0.25) is 5.91 Å². The lowest BCUT2D eigenvalue weighted by Gasteiger charge is -2.34. The van der Waals surface area contributed by atoms with Crippen molar-refractivity contribution in [3.05, 3.63) is 0 Å². The number of thioether (sulfide) groups is 1. The second kappa shape index (κ2) is 7.98. The fourth-order valence-electron chi connectivity index (χ4n) is 2.69. The first-order chi connectivity index (χ1) is 8.15. The molecular weight excluding hydrogens is 232 g/mol. The van der Waals surface area contributed by atoms with Crippen LogP contribution >= 0.6 is 11.8 Å². The number of carbonyl (C=O) groups excluding carboxylic acids is 1. The number of nitrogens with one attached hydrogen (secondary N) is 1. The van der Waals surface area contributed by atoms with Gasteiger partial charge < -0.3 is 10.2 Å². The highest BCUT2D eigenvalue weighted by atomic mass is 32.2. The molecule has 1 saturated carbocycles. The maximum atomic E-state index is 11.5. The summed E-state index contributed by atoms with van der Waals surface area (Å²) >= 11 is 1.58. The molecule has 0 aromatic rings. The van der Waals surface area contributed by atoms with Crippen molar-refractivity contribution in [3.63, 3.8) is 0 Å². The predicted octanol–water partition coefficient (Wildman–Crippen LogP) is 1.98. The van der Waals surface area contributed by atoms with Crippen LogP contribution in [0.15, 0.2) is 0 Å². The van der Waals surface area contributed by atoms with Gasteiger partial charge in [0.05, 0.1) is 5.75 Å². The normalized spacial score (nSPS) is 19.3. The lowest BCUT2D eigenvalue weighted by atomic mass is 9.83. The van der Waals surface area contributed by atoms with E-state index in [9.17, 15) is 4.79 Å². The van der Waals surface area contributed by atoms with Gasteiger partial charge in [-0.1, -0.05) is 19.3 Å². The summed E-state index contributed by atoms with van der Waals surface area (Å²) in [5, 5.41) is 3.06. The number of carbonyl (C=O) groups is 1. The van der Waals surface area contributed by atoms with Crippen LogP contribution in [0, 0.1) is 5.92 Å². The molecule has 1 fully saturated rings. The fraction of sp³-hybridized carbons (Fsp3) is 0.923. The molecule has 1 aliphatic rings. The van der Waals surface area contributed by atoms with Crippen LogP contribution in [0.2, 0.25) is 0 Å². The Labute approximate surface area is 110 Å². The molecule has 17 heavy (non-hydrogen) atoms. The molecule has 3 nitrogen and oxygen atoms in total. The van der Waals surface area contributed by atoms with Crippen molar-refractivity contribution in [3.8, 4) is 0 Å². The van der Waals surface area contributed by atoms with Crippen LogP contribution in [0.3, 0.4) is 0 Å². The van der Waals surface area contributed by atoms with Crippen LogP contribution in [0.25, 0.3) is 0 Å². The zero-order valence-electron chi connectivity index (χ0n) is 11.4. The molecule has 1 atom stereocenters. The molecule has 0 heterocycles. The molecule has 0 bridgehead atoms. The van der Waals surface area contributed by atoms with Gasteiger partial charge in [-0.15, -0.1) is 0 Å². The third-order valence-corrected chi connectivity index (χ3v) is 4.19. The van der Waals surface area contributed by atoms with E-state index in [-0.39, 0.29) is 5.91 Å². The fourth-order valence-corrected chi connectivity index (χ4v) is 3.05. The Morgan fingerprint density at radius 2 is 2.00 bits per heavy atom. The van der Waals surface area contributed by atoms with E-state index in [4.69, 9.17) is 0 Å². The molecule has 1 amide bonds. The van der Waals surface area contributed by atoms with Crippen molar-refractivity contribution in [2.24, 2.45) is 5.92 Å². The summed E-state index contributed by atoms with van der Waals surface area (Å²) in [5.74, 6) is 1.50. The average Bonchev–Trinajstić information content (AvgIpc) is 2.30. The first-order valence-electron chi connectivity index (χ1n) is 6.57. The van der Waals surface area contributed by atoms with Gasteiger partial charge in [-0.25, -0.2) is 0 Å². The molecule has 0 unspecified atom stereocenters. The first-order valence-corrected chi connectivity index (χ1v) is 7.96. The van der Waals surface area contributed by atoms with E-state index in [0.29, 0.717) is 11.8 Å². The number of hydrogen-bond donors (Lipinski definition) is 1. The number of hydrogen-bond acceptors (Lipinski definition) is 3. The topological polar surface area (TPSA) is 32.3 Å². The second-order valence-electron chi connectivity index (χ2n) is 5.17. The summed E-state index contributed by atoms with van der Waals surface area (Å²) in [7, 11) is 4.25. The van der Waals surface area contributed by atoms with E-state index in [1.54, 1.807) is 11.8 Å². The van der Waals surface area contributed by atoms with Crippen LogP contribution in [0.4, 0.5) is 0 Å². The third-order valence-electron chi connectivity index (χ3n) is 3.64. The van der Waals surface area contributed by atoms with Gasteiger partial charge in [0.15, 0.2) is 0 Å². The Bertz CT molecular complexity index is 227. The number of rotatable bonds is 6. The predicted molar refractivity (Wildman–Crippen MR) is 75.4 cm³/mol. The highest BCUT2D eigenvalue weighted by Gasteiger charge is 2.25. The van der Waals surface area contributed by atoms with Crippen LogP contribution in [-0.2, 0) is 4.79 Å². The number of amides is 1. The van der Waals surface area contributed by atoms with Gasteiger partial charge in [-0.3, -0.25) is 4.79 Å². The largest absolute Gasteiger partial charge is 0.354 e. The summed E-state index contributed by atoms with van der Waals surface area (Å²) in [6.07, 6.45) is 8.70. The van der Waals surface area contributed by atoms with Crippen molar-refractivity contribution in [2.75, 3.05) is 32.6 Å². The van der Waals surface area contributed by atoms with E-state index in [2.05, 4.69) is 24.3 Å². The maximum Gasteiger partial charge on any atom is 0.230 e. The van der Waals surface area contributed by atoms with Crippen LogP contribution in [0.1, 0.15) is 32.1 Å². The van der Waals surface area contributed by atoms with E-state index >= 15 is 0 Å². The molecular formula is C13H26N2OS. The van der Waals surface area contributed by atoms with Gasteiger partial charge in [0.25, 0.3) is 0 Å². The van der Waals surface area contributed by atoms with Crippen molar-refractivity contribution < 1.29 is 4.79 Å². The molecule has 1 rings (SSSR count). The van der Waals surface area contributed by atoms with E-state index in [1.807, 2.05) is 6.26 Å². The standard InChI is InChI=1S/C13H26N2OS/c1-15(2)12(9-14-13(16)10-17-3)11-7-5-4-6-8-11/h11-12H,4-10H2,1-3H3,(H,14,16)/t12-/m0/s1. The minimum Gasteiger partial charge on any atom is -0.354 e. The van der Waals surface area contributed by atoms with Crippen molar-refractivity contribution in [1.29, 1.82) is 0 Å². The molecule has 4 heteroatoms. The first kappa shape index (κ1) is 14.8. The zero-order valence-corrected chi connectivity index (χ0v) is 12.2. The van der Waals surface area contributed by atoms with Gasteiger partial charge in [-0.2, -0.15) is 11.8 Å². The molecule has 1 aliphatic carbocycles. The van der Waals surface area contributed by atoms with Gasteiger partial charge in [-0.05, 0) is 39.1 Å². The molecule has 0 aromatic carbocycles. The Balaban J connectivity index is 2.39. The zero-order chi connectivity index (χ0) is 12.7. The van der Waals surface area contributed by atoms with Gasteiger partial charge in [0, 0.05) is 12.6 Å². The molecule has 0 radical (unpaired) electrons. The summed E-state index contributed by atoms with van der Waals surface area (Å²) < 4.78 is 0. The molecule has 0 aromatic heterocycles. The lowest BCUT2D eigenvalue weighted by Crippen LogP contribution is -2.45. The lowest BCUT2D eigenvalue weighted by molar-refractivity contribution is -0.118. The monoisotopic (exact) mass is 258 g/mol. The minimum atomic E-state index is 0.167. The van der Waals surface area contributed by atoms with Crippen molar-refractivity contribution in [1.82, 2.24) is 10.2 Å². The summed E-state index contributed by atoms with van der Waals surface area (Å²) in [6.45, 7) is 0.803. The Hall–Kier alpha value is -0.220. The smallest absolute Gasteiger partial charge is 0.230 e. The van der Waals surface area contributed by atoms with Gasteiger partial charge in [0.1, 0.15) is 0 Å². The number of nitrogens with zero attached hydrogens (tertiary/aromatic N) is 1. The Morgan fingerprint density at radius 1 is 1.35 bits per heavy atom. The van der Waals surface area contributed by atoms with E-state index in [0.717, 1.165) is 12.5 Å². The molecule has 0 aliphatic heterocycles. The summed E-state index contributed by atoms with van der Waals surface area (Å²) in [5.41, 5.74) is 0.